The van der Waals surface area contributed by atoms with E-state index >= 15 is 0 Å². The second-order valence-corrected chi connectivity index (χ2v) is 4.57. The van der Waals surface area contributed by atoms with Crippen molar-refractivity contribution in [2.24, 2.45) is 0 Å². The first kappa shape index (κ1) is 15.0. The van der Waals surface area contributed by atoms with Crippen LogP contribution in [0.25, 0.3) is 10.9 Å². The van der Waals surface area contributed by atoms with Gasteiger partial charge in [-0.25, -0.2) is 0 Å². The van der Waals surface area contributed by atoms with Gasteiger partial charge in [-0.1, -0.05) is 18.2 Å². The fraction of sp³-hybridized carbons (Fsp3) is 0.429. The molecule has 4 heteroatoms. The van der Waals surface area contributed by atoms with Crippen molar-refractivity contribution in [2.75, 3.05) is 13.2 Å². The summed E-state index contributed by atoms with van der Waals surface area (Å²) in [6.45, 7) is 6.01. The van der Waals surface area contributed by atoms with Gasteiger partial charge in [-0.05, 0) is 25.5 Å². The molecule has 0 saturated carbocycles. The molecule has 0 bridgehead atoms. The minimum Gasteiger partial charge on any atom is -0.395 e. The standard InChI is InChI=1S/C14H20N2O.ClH/c1-11(2)16-10-12(9-15-7-8-17)13-5-3-4-6-14(13)16;/h3-6,10-11,15,17H,7-9H2,1-2H3;1H. The van der Waals surface area contributed by atoms with Crippen molar-refractivity contribution in [3.05, 3.63) is 36.0 Å². The summed E-state index contributed by atoms with van der Waals surface area (Å²) in [7, 11) is 0. The monoisotopic (exact) mass is 268 g/mol. The molecular formula is C14H21ClN2O. The van der Waals surface area contributed by atoms with Gasteiger partial charge in [0.25, 0.3) is 0 Å². The number of aromatic nitrogens is 1. The Morgan fingerprint density at radius 2 is 2.00 bits per heavy atom. The Hall–Kier alpha value is -1.03. The third-order valence-corrected chi connectivity index (χ3v) is 2.98. The molecule has 0 aliphatic rings. The van der Waals surface area contributed by atoms with Gasteiger partial charge in [-0.15, -0.1) is 12.4 Å². The highest BCUT2D eigenvalue weighted by molar-refractivity contribution is 5.85. The van der Waals surface area contributed by atoms with Crippen molar-refractivity contribution in [2.45, 2.75) is 26.4 Å². The van der Waals surface area contributed by atoms with Crippen LogP contribution >= 0.6 is 12.4 Å². The highest BCUT2D eigenvalue weighted by atomic mass is 35.5. The van der Waals surface area contributed by atoms with Crippen LogP contribution in [0.2, 0.25) is 0 Å². The second-order valence-electron chi connectivity index (χ2n) is 4.57. The first-order valence-electron chi connectivity index (χ1n) is 6.14. The zero-order chi connectivity index (χ0) is 12.3. The van der Waals surface area contributed by atoms with E-state index in [1.807, 2.05) is 0 Å². The Balaban J connectivity index is 0.00000162. The molecule has 1 aromatic carbocycles. The molecule has 2 aromatic rings. The first-order chi connectivity index (χ1) is 8.24. The molecule has 0 aliphatic carbocycles. The number of nitrogens with zero attached hydrogens (tertiary/aromatic N) is 1. The summed E-state index contributed by atoms with van der Waals surface area (Å²) < 4.78 is 2.30. The fourth-order valence-corrected chi connectivity index (χ4v) is 2.15. The van der Waals surface area contributed by atoms with E-state index in [1.165, 1.54) is 16.5 Å². The predicted octanol–water partition coefficient (Wildman–Crippen LogP) is 2.73. The lowest BCUT2D eigenvalue weighted by atomic mass is 10.2. The summed E-state index contributed by atoms with van der Waals surface area (Å²) in [5, 5.41) is 13.3. The van der Waals surface area contributed by atoms with Gasteiger partial charge in [0.15, 0.2) is 0 Å². The van der Waals surface area contributed by atoms with Crippen LogP contribution in [0.5, 0.6) is 0 Å². The quantitative estimate of drug-likeness (QED) is 0.819. The van der Waals surface area contributed by atoms with Crippen molar-refractivity contribution >= 4 is 23.3 Å². The van der Waals surface area contributed by atoms with E-state index in [4.69, 9.17) is 5.11 Å². The van der Waals surface area contributed by atoms with Crippen LogP contribution in [0.1, 0.15) is 25.5 Å². The van der Waals surface area contributed by atoms with Crippen LogP contribution < -0.4 is 5.32 Å². The molecule has 0 radical (unpaired) electrons. The van der Waals surface area contributed by atoms with E-state index in [0.717, 1.165) is 6.54 Å². The molecule has 0 aliphatic heterocycles. The van der Waals surface area contributed by atoms with Crippen LogP contribution in [-0.2, 0) is 6.54 Å². The van der Waals surface area contributed by atoms with Gasteiger partial charge in [0.2, 0.25) is 0 Å². The molecule has 0 amide bonds. The zero-order valence-electron chi connectivity index (χ0n) is 10.9. The maximum absolute atomic E-state index is 8.78. The van der Waals surface area contributed by atoms with E-state index in [0.29, 0.717) is 12.6 Å². The number of aliphatic hydroxyl groups is 1. The van der Waals surface area contributed by atoms with Gasteiger partial charge < -0.3 is 15.0 Å². The van der Waals surface area contributed by atoms with E-state index < -0.39 is 0 Å². The van der Waals surface area contributed by atoms with E-state index in [2.05, 4.69) is 54.2 Å². The Bertz CT molecular complexity index is 493. The highest BCUT2D eigenvalue weighted by Gasteiger charge is 2.09. The van der Waals surface area contributed by atoms with E-state index in [1.54, 1.807) is 0 Å². The Morgan fingerprint density at radius 1 is 1.28 bits per heavy atom. The largest absolute Gasteiger partial charge is 0.395 e. The smallest absolute Gasteiger partial charge is 0.0556 e. The topological polar surface area (TPSA) is 37.2 Å². The molecule has 3 nitrogen and oxygen atoms in total. The maximum Gasteiger partial charge on any atom is 0.0556 e. The summed E-state index contributed by atoms with van der Waals surface area (Å²) in [6.07, 6.45) is 2.21. The van der Waals surface area contributed by atoms with Gasteiger partial charge in [0, 0.05) is 36.2 Å². The van der Waals surface area contributed by atoms with Crippen molar-refractivity contribution in [3.8, 4) is 0 Å². The van der Waals surface area contributed by atoms with Gasteiger partial charge in [-0.3, -0.25) is 0 Å². The van der Waals surface area contributed by atoms with E-state index in [9.17, 15) is 0 Å². The minimum absolute atomic E-state index is 0. The normalized spacial score (nSPS) is 10.9. The average Bonchev–Trinajstić information content (AvgIpc) is 2.69. The summed E-state index contributed by atoms with van der Waals surface area (Å²) in [5.74, 6) is 0. The molecule has 0 fully saturated rings. The lowest BCUT2D eigenvalue weighted by Gasteiger charge is -2.08. The molecule has 0 unspecified atom stereocenters. The predicted molar refractivity (Wildman–Crippen MR) is 78.4 cm³/mol. The summed E-state index contributed by atoms with van der Waals surface area (Å²) in [6, 6.07) is 8.93. The molecule has 18 heavy (non-hydrogen) atoms. The second kappa shape index (κ2) is 6.78. The molecular weight excluding hydrogens is 248 g/mol. The van der Waals surface area contributed by atoms with Crippen molar-refractivity contribution in [1.82, 2.24) is 9.88 Å². The lowest BCUT2D eigenvalue weighted by molar-refractivity contribution is 0.292. The summed E-state index contributed by atoms with van der Waals surface area (Å²) in [5.41, 5.74) is 2.58. The van der Waals surface area contributed by atoms with Crippen molar-refractivity contribution in [1.29, 1.82) is 0 Å². The molecule has 2 N–H and O–H groups in total. The van der Waals surface area contributed by atoms with Gasteiger partial charge in [0.1, 0.15) is 0 Å². The summed E-state index contributed by atoms with van der Waals surface area (Å²) >= 11 is 0. The molecule has 1 aromatic heterocycles. The van der Waals surface area contributed by atoms with Gasteiger partial charge in [0.05, 0.1) is 6.61 Å². The number of nitrogens with one attached hydrogen (secondary N) is 1. The van der Waals surface area contributed by atoms with Crippen LogP contribution in [-0.4, -0.2) is 22.8 Å². The van der Waals surface area contributed by atoms with E-state index in [-0.39, 0.29) is 19.0 Å². The molecule has 1 heterocycles. The number of halogens is 1. The molecule has 0 saturated heterocycles. The Kier molecular flexibility index (Phi) is 5.66. The number of hydrogen-bond donors (Lipinski definition) is 2. The number of fused-ring (bicyclic) bond motifs is 1. The molecule has 0 spiro atoms. The number of benzene rings is 1. The number of rotatable bonds is 5. The van der Waals surface area contributed by atoms with Gasteiger partial charge >= 0.3 is 0 Å². The van der Waals surface area contributed by atoms with Crippen LogP contribution in [0.4, 0.5) is 0 Å². The van der Waals surface area contributed by atoms with Gasteiger partial charge in [-0.2, -0.15) is 0 Å². The minimum atomic E-state index is 0. The average molecular weight is 269 g/mol. The fourth-order valence-electron chi connectivity index (χ4n) is 2.15. The van der Waals surface area contributed by atoms with Crippen LogP contribution in [0.3, 0.4) is 0 Å². The summed E-state index contributed by atoms with van der Waals surface area (Å²) in [4.78, 5) is 0. The van der Waals surface area contributed by atoms with Crippen molar-refractivity contribution < 1.29 is 5.11 Å². The first-order valence-corrected chi connectivity index (χ1v) is 6.14. The maximum atomic E-state index is 8.78. The van der Waals surface area contributed by atoms with Crippen LogP contribution in [0.15, 0.2) is 30.5 Å². The van der Waals surface area contributed by atoms with Crippen molar-refractivity contribution in [3.63, 3.8) is 0 Å². The number of para-hydroxylation sites is 1. The molecule has 2 rings (SSSR count). The van der Waals surface area contributed by atoms with Crippen LogP contribution in [0, 0.1) is 0 Å². The number of aliphatic hydroxyl groups excluding tert-OH is 1. The molecule has 0 atom stereocenters. The zero-order valence-corrected chi connectivity index (χ0v) is 11.7. The third-order valence-electron chi connectivity index (χ3n) is 2.98. The Labute approximate surface area is 114 Å². The SMILES string of the molecule is CC(C)n1cc(CNCCO)c2ccccc21.Cl. The lowest BCUT2D eigenvalue weighted by Crippen LogP contribution is -2.17. The Morgan fingerprint density at radius 3 is 2.67 bits per heavy atom. The highest BCUT2D eigenvalue weighted by Crippen LogP contribution is 2.24. The molecule has 100 valence electrons. The number of hydrogen-bond acceptors (Lipinski definition) is 2. The third kappa shape index (κ3) is 3.05.